The van der Waals surface area contributed by atoms with E-state index in [0.717, 1.165) is 12.3 Å². The summed E-state index contributed by atoms with van der Waals surface area (Å²) in [4.78, 5) is 23.5. The molecule has 0 heterocycles. The molecule has 0 aromatic rings. The first-order valence-electron chi connectivity index (χ1n) is 3.82. The number of ketones is 1. The second-order valence-corrected chi connectivity index (χ2v) is 4.05. The van der Waals surface area contributed by atoms with Crippen molar-refractivity contribution in [1.29, 1.82) is 0 Å². The van der Waals surface area contributed by atoms with Gasteiger partial charge in [-0.3, -0.25) is 9.59 Å². The van der Waals surface area contributed by atoms with E-state index in [4.69, 9.17) is 0 Å². The van der Waals surface area contributed by atoms with Crippen LogP contribution >= 0.6 is 11.8 Å². The summed E-state index contributed by atoms with van der Waals surface area (Å²) in [5, 5.41) is -0.0237. The van der Waals surface area contributed by atoms with E-state index < -0.39 is 0 Å². The van der Waals surface area contributed by atoms with Crippen LogP contribution in [0.25, 0.3) is 0 Å². The summed E-state index contributed by atoms with van der Waals surface area (Å²) in [5.74, 6) is 0.705. The first-order chi connectivity index (χ1) is 5.52. The molecule has 0 aliphatic heterocycles. The van der Waals surface area contributed by atoms with Gasteiger partial charge in [-0.2, -0.15) is 0 Å². The van der Waals surface area contributed by atoms with Gasteiger partial charge in [-0.15, -0.1) is 0 Å². The minimum absolute atomic E-state index is 0.0237. The van der Waals surface area contributed by atoms with Gasteiger partial charge >= 0.3 is 0 Å². The van der Waals surface area contributed by atoms with E-state index in [1.165, 1.54) is 18.7 Å². The van der Waals surface area contributed by atoms with Gasteiger partial charge in [-0.1, -0.05) is 11.8 Å². The van der Waals surface area contributed by atoms with Crippen molar-refractivity contribution in [1.82, 2.24) is 4.90 Å². The second kappa shape index (κ2) is 6.20. The van der Waals surface area contributed by atoms with Gasteiger partial charge in [0.05, 0.1) is 6.42 Å². The van der Waals surface area contributed by atoms with Crippen molar-refractivity contribution >= 4 is 22.7 Å². The number of Topliss-reactive ketones (excluding diaryl/α,β-unsaturated/α-hetero) is 1. The van der Waals surface area contributed by atoms with Gasteiger partial charge in [0.25, 0.3) is 0 Å². The van der Waals surface area contributed by atoms with Crippen LogP contribution in [0.5, 0.6) is 0 Å². The molecule has 0 saturated carbocycles. The number of carbonyl (C=O) groups is 2. The zero-order chi connectivity index (χ0) is 9.56. The van der Waals surface area contributed by atoms with Crippen molar-refractivity contribution in [2.24, 2.45) is 0 Å². The van der Waals surface area contributed by atoms with Crippen LogP contribution in [0.1, 0.15) is 13.3 Å². The Hall–Kier alpha value is -0.350. The average Bonchev–Trinajstić information content (AvgIpc) is 1.84. The van der Waals surface area contributed by atoms with E-state index in [-0.39, 0.29) is 17.3 Å². The van der Waals surface area contributed by atoms with Gasteiger partial charge in [0, 0.05) is 12.3 Å². The predicted molar refractivity (Wildman–Crippen MR) is 51.3 cm³/mol. The zero-order valence-electron chi connectivity index (χ0n) is 7.79. The molecular formula is C8H15NO2S. The number of hydrogen-bond donors (Lipinski definition) is 0. The lowest BCUT2D eigenvalue weighted by Crippen LogP contribution is -2.16. The highest BCUT2D eigenvalue weighted by molar-refractivity contribution is 8.13. The Labute approximate surface area is 77.5 Å². The van der Waals surface area contributed by atoms with E-state index in [1.807, 2.05) is 19.0 Å². The molecule has 0 unspecified atom stereocenters. The van der Waals surface area contributed by atoms with Crippen molar-refractivity contribution in [3.63, 3.8) is 0 Å². The van der Waals surface area contributed by atoms with Crippen LogP contribution < -0.4 is 0 Å². The van der Waals surface area contributed by atoms with E-state index in [9.17, 15) is 9.59 Å². The molecule has 0 fully saturated rings. The lowest BCUT2D eigenvalue weighted by atomic mass is 10.3. The first kappa shape index (κ1) is 11.6. The van der Waals surface area contributed by atoms with Crippen LogP contribution in [-0.4, -0.2) is 42.2 Å². The van der Waals surface area contributed by atoms with Gasteiger partial charge in [0.2, 0.25) is 0 Å². The third-order valence-electron chi connectivity index (χ3n) is 1.19. The minimum Gasteiger partial charge on any atom is -0.309 e. The molecule has 0 aliphatic rings. The van der Waals surface area contributed by atoms with Gasteiger partial charge in [0.15, 0.2) is 5.12 Å². The maximum Gasteiger partial charge on any atom is 0.196 e. The van der Waals surface area contributed by atoms with Crippen molar-refractivity contribution in [2.75, 3.05) is 26.4 Å². The highest BCUT2D eigenvalue weighted by atomic mass is 32.2. The predicted octanol–water partition coefficient (Wildman–Crippen LogP) is 0.787. The molecule has 0 aliphatic carbocycles. The Balaban J connectivity index is 3.38. The molecule has 0 atom stereocenters. The van der Waals surface area contributed by atoms with Gasteiger partial charge in [-0.05, 0) is 21.0 Å². The summed E-state index contributed by atoms with van der Waals surface area (Å²) in [6.45, 7) is 2.30. The molecule has 12 heavy (non-hydrogen) atoms. The molecule has 0 amide bonds. The quantitative estimate of drug-likeness (QED) is 0.599. The highest BCUT2D eigenvalue weighted by Gasteiger charge is 2.05. The molecule has 0 radical (unpaired) electrons. The summed E-state index contributed by atoms with van der Waals surface area (Å²) < 4.78 is 0. The van der Waals surface area contributed by atoms with Gasteiger partial charge in [0.1, 0.15) is 5.78 Å². The number of nitrogens with zero attached hydrogens (tertiary/aromatic N) is 1. The van der Waals surface area contributed by atoms with E-state index in [0.29, 0.717) is 0 Å². The monoisotopic (exact) mass is 189 g/mol. The van der Waals surface area contributed by atoms with Crippen LogP contribution in [0.4, 0.5) is 0 Å². The Morgan fingerprint density at radius 3 is 2.33 bits per heavy atom. The van der Waals surface area contributed by atoms with E-state index in [1.54, 1.807) is 0 Å². The van der Waals surface area contributed by atoms with Crippen molar-refractivity contribution in [2.45, 2.75) is 13.3 Å². The fraction of sp³-hybridized carbons (Fsp3) is 0.750. The molecule has 0 rings (SSSR count). The zero-order valence-corrected chi connectivity index (χ0v) is 8.61. The van der Waals surface area contributed by atoms with Crippen LogP contribution in [0.2, 0.25) is 0 Å². The summed E-state index contributed by atoms with van der Waals surface area (Å²) in [6.07, 6.45) is 0.0676. The summed E-state index contributed by atoms with van der Waals surface area (Å²) in [7, 11) is 3.91. The first-order valence-corrected chi connectivity index (χ1v) is 4.80. The van der Waals surface area contributed by atoms with Crippen LogP contribution in [0.3, 0.4) is 0 Å². The average molecular weight is 189 g/mol. The van der Waals surface area contributed by atoms with Crippen molar-refractivity contribution < 1.29 is 9.59 Å². The number of carbonyl (C=O) groups excluding carboxylic acids is 2. The Morgan fingerprint density at radius 2 is 1.92 bits per heavy atom. The summed E-state index contributed by atoms with van der Waals surface area (Å²) >= 11 is 1.23. The number of hydrogen-bond acceptors (Lipinski definition) is 4. The lowest BCUT2D eigenvalue weighted by molar-refractivity contribution is -0.121. The Bertz CT molecular complexity index is 168. The fourth-order valence-electron chi connectivity index (χ4n) is 0.596. The third-order valence-corrected chi connectivity index (χ3v) is 2.05. The summed E-state index contributed by atoms with van der Waals surface area (Å²) in [6, 6.07) is 0. The summed E-state index contributed by atoms with van der Waals surface area (Å²) in [5.41, 5.74) is 0. The molecule has 3 nitrogen and oxygen atoms in total. The fourth-order valence-corrected chi connectivity index (χ4v) is 1.59. The third kappa shape index (κ3) is 7.75. The molecule has 0 aromatic heterocycles. The van der Waals surface area contributed by atoms with Crippen LogP contribution in [0.15, 0.2) is 0 Å². The second-order valence-electron chi connectivity index (χ2n) is 2.90. The standard InChI is InChI=1S/C8H15NO2S/c1-7(10)6-8(11)12-5-4-9(2)3/h4-6H2,1-3H3. The number of rotatable bonds is 5. The molecule has 0 spiro atoms. The normalized spacial score (nSPS) is 10.3. The maximum absolute atomic E-state index is 11.0. The molecule has 0 aromatic carbocycles. The smallest absolute Gasteiger partial charge is 0.196 e. The van der Waals surface area contributed by atoms with Gasteiger partial charge in [-0.25, -0.2) is 0 Å². The van der Waals surface area contributed by atoms with Gasteiger partial charge < -0.3 is 4.90 Å². The molecular weight excluding hydrogens is 174 g/mol. The molecule has 0 saturated heterocycles. The maximum atomic E-state index is 11.0. The van der Waals surface area contributed by atoms with E-state index in [2.05, 4.69) is 0 Å². The largest absolute Gasteiger partial charge is 0.309 e. The SMILES string of the molecule is CC(=O)CC(=O)SCCN(C)C. The Morgan fingerprint density at radius 1 is 1.33 bits per heavy atom. The molecule has 70 valence electrons. The van der Waals surface area contributed by atoms with Crippen LogP contribution in [-0.2, 0) is 9.59 Å². The van der Waals surface area contributed by atoms with E-state index >= 15 is 0 Å². The van der Waals surface area contributed by atoms with Crippen LogP contribution in [0, 0.1) is 0 Å². The molecule has 0 N–H and O–H groups in total. The van der Waals surface area contributed by atoms with Crippen molar-refractivity contribution in [3.05, 3.63) is 0 Å². The van der Waals surface area contributed by atoms with Crippen molar-refractivity contribution in [3.8, 4) is 0 Å². The highest BCUT2D eigenvalue weighted by Crippen LogP contribution is 2.05. The lowest BCUT2D eigenvalue weighted by Gasteiger charge is -2.07. The topological polar surface area (TPSA) is 37.4 Å². The minimum atomic E-state index is -0.0580. The molecule has 0 bridgehead atoms. The Kier molecular flexibility index (Phi) is 6.02. The number of thioether (sulfide) groups is 1. The molecule has 4 heteroatoms.